The summed E-state index contributed by atoms with van der Waals surface area (Å²) < 4.78 is 0. The van der Waals surface area contributed by atoms with Gasteiger partial charge in [0.1, 0.15) is 12.4 Å². The van der Waals surface area contributed by atoms with Crippen molar-refractivity contribution in [2.24, 2.45) is 11.8 Å². The molecule has 0 aromatic carbocycles. The van der Waals surface area contributed by atoms with E-state index in [9.17, 15) is 14.4 Å². The van der Waals surface area contributed by atoms with Gasteiger partial charge in [-0.3, -0.25) is 19.3 Å². The second-order valence-electron chi connectivity index (χ2n) is 7.85. The fourth-order valence-electron chi connectivity index (χ4n) is 3.51. The van der Waals surface area contributed by atoms with E-state index >= 15 is 0 Å². The highest BCUT2D eigenvalue weighted by atomic mass is 16.2. The van der Waals surface area contributed by atoms with Crippen LogP contribution in [-0.4, -0.2) is 39.1 Å². The lowest BCUT2D eigenvalue weighted by Crippen LogP contribution is -2.38. The summed E-state index contributed by atoms with van der Waals surface area (Å²) >= 11 is 0. The third kappa shape index (κ3) is 3.55. The van der Waals surface area contributed by atoms with Crippen LogP contribution in [0.3, 0.4) is 0 Å². The minimum atomic E-state index is -0.410. The predicted octanol–water partition coefficient (Wildman–Crippen LogP) is 1.89. The van der Waals surface area contributed by atoms with Crippen LogP contribution in [0.1, 0.15) is 52.3 Å². The van der Waals surface area contributed by atoms with Gasteiger partial charge < -0.3 is 5.32 Å². The van der Waals surface area contributed by atoms with Crippen molar-refractivity contribution in [3.63, 3.8) is 0 Å². The van der Waals surface area contributed by atoms with E-state index in [0.29, 0.717) is 11.5 Å². The van der Waals surface area contributed by atoms with Crippen LogP contribution in [0.4, 0.5) is 5.69 Å². The summed E-state index contributed by atoms with van der Waals surface area (Å²) in [5, 5.41) is 2.66. The molecule has 3 amide bonds. The molecule has 0 spiro atoms. The van der Waals surface area contributed by atoms with E-state index in [1.807, 2.05) is 20.8 Å². The van der Waals surface area contributed by atoms with Crippen LogP contribution in [0, 0.1) is 11.8 Å². The second-order valence-corrected chi connectivity index (χ2v) is 7.85. The van der Waals surface area contributed by atoms with Crippen LogP contribution < -0.4 is 5.32 Å². The van der Waals surface area contributed by atoms with Crippen LogP contribution in [0.5, 0.6) is 0 Å². The summed E-state index contributed by atoms with van der Waals surface area (Å²) in [4.78, 5) is 46.6. The molecule has 2 atom stereocenters. The van der Waals surface area contributed by atoms with Gasteiger partial charge >= 0.3 is 0 Å². The van der Waals surface area contributed by atoms with Crippen LogP contribution in [0.15, 0.2) is 12.4 Å². The van der Waals surface area contributed by atoms with Crippen LogP contribution in [-0.2, 0) is 19.8 Å². The molecule has 2 heterocycles. The highest BCUT2D eigenvalue weighted by Crippen LogP contribution is 2.37. The van der Waals surface area contributed by atoms with Crippen molar-refractivity contribution in [3.8, 4) is 0 Å². The van der Waals surface area contributed by atoms with Gasteiger partial charge in [-0.15, -0.1) is 0 Å². The first-order chi connectivity index (χ1) is 11.8. The summed E-state index contributed by atoms with van der Waals surface area (Å²) in [5.41, 5.74) is 0.280. The Bertz CT molecular complexity index is 669. The number of nitrogens with one attached hydrogen (secondary N) is 1. The van der Waals surface area contributed by atoms with Crippen LogP contribution in [0.25, 0.3) is 0 Å². The van der Waals surface area contributed by atoms with Crippen molar-refractivity contribution in [2.75, 3.05) is 11.9 Å². The number of aromatic nitrogens is 2. The Kier molecular flexibility index (Phi) is 4.58. The number of hydrogen-bond donors (Lipinski definition) is 1. The molecular formula is C18H24N4O3. The number of hydrogen-bond acceptors (Lipinski definition) is 5. The zero-order chi connectivity index (χ0) is 18.2. The van der Waals surface area contributed by atoms with Crippen LogP contribution >= 0.6 is 0 Å². The number of carbonyl (C=O) groups excluding carboxylic acids is 3. The average Bonchev–Trinajstić information content (AvgIpc) is 2.80. The third-order valence-corrected chi connectivity index (χ3v) is 4.84. The molecule has 0 unspecified atom stereocenters. The first-order valence-corrected chi connectivity index (χ1v) is 8.75. The third-order valence-electron chi connectivity index (χ3n) is 4.84. The topological polar surface area (TPSA) is 92.3 Å². The number of nitrogens with zero attached hydrogens (tertiary/aromatic N) is 3. The Morgan fingerprint density at radius 2 is 1.64 bits per heavy atom. The molecule has 25 heavy (non-hydrogen) atoms. The number of carbonyl (C=O) groups is 3. The van der Waals surface area contributed by atoms with Gasteiger partial charge in [0.2, 0.25) is 17.7 Å². The molecule has 0 radical (unpaired) electrons. The van der Waals surface area contributed by atoms with Crippen LogP contribution in [0.2, 0.25) is 0 Å². The van der Waals surface area contributed by atoms with Gasteiger partial charge in [-0.2, -0.15) is 0 Å². The Morgan fingerprint density at radius 3 is 2.12 bits per heavy atom. The quantitative estimate of drug-likeness (QED) is 0.845. The zero-order valence-electron chi connectivity index (χ0n) is 14.9. The molecule has 2 fully saturated rings. The largest absolute Gasteiger partial charge is 0.322 e. The van der Waals surface area contributed by atoms with E-state index in [-0.39, 0.29) is 35.6 Å². The van der Waals surface area contributed by atoms with E-state index in [4.69, 9.17) is 0 Å². The molecule has 134 valence electrons. The van der Waals surface area contributed by atoms with Gasteiger partial charge in [0.15, 0.2) is 0 Å². The number of amides is 3. The molecule has 1 N–H and O–H groups in total. The van der Waals surface area contributed by atoms with Crippen molar-refractivity contribution < 1.29 is 14.4 Å². The molecule has 2 aliphatic rings. The molecule has 1 aliphatic carbocycles. The fourth-order valence-corrected chi connectivity index (χ4v) is 3.51. The standard InChI is InChI=1S/C18H24N4O3/c1-18(2,3)17-19-8-11(9-20-17)21-14(23)10-22-15(24)12-6-4-5-7-13(12)16(22)25/h8-9,12-13H,4-7,10H2,1-3H3,(H,21,23)/t12-,13-/m0/s1. The van der Waals surface area contributed by atoms with Crippen molar-refractivity contribution >= 4 is 23.4 Å². The monoisotopic (exact) mass is 344 g/mol. The fraction of sp³-hybridized carbons (Fsp3) is 0.611. The number of rotatable bonds is 3. The summed E-state index contributed by atoms with van der Waals surface area (Å²) in [6, 6.07) is 0. The molecule has 7 nitrogen and oxygen atoms in total. The number of imide groups is 1. The predicted molar refractivity (Wildman–Crippen MR) is 91.5 cm³/mol. The van der Waals surface area contributed by atoms with Crippen molar-refractivity contribution in [3.05, 3.63) is 18.2 Å². The van der Waals surface area contributed by atoms with Crippen molar-refractivity contribution in [2.45, 2.75) is 51.9 Å². The number of fused-ring (bicyclic) bond motifs is 1. The molecule has 1 aromatic heterocycles. The van der Waals surface area contributed by atoms with E-state index in [0.717, 1.165) is 30.6 Å². The molecule has 1 saturated heterocycles. The van der Waals surface area contributed by atoms with Gasteiger partial charge in [-0.1, -0.05) is 33.6 Å². The summed E-state index contributed by atoms with van der Waals surface area (Å²) in [5.74, 6) is -0.604. The maximum Gasteiger partial charge on any atom is 0.244 e. The van der Waals surface area contributed by atoms with Gasteiger partial charge in [-0.25, -0.2) is 9.97 Å². The maximum absolute atomic E-state index is 12.4. The Hall–Kier alpha value is -2.31. The lowest BCUT2D eigenvalue weighted by molar-refractivity contribution is -0.142. The molecule has 1 saturated carbocycles. The Balaban J connectivity index is 1.63. The minimum absolute atomic E-state index is 0.173. The SMILES string of the molecule is CC(C)(C)c1ncc(NC(=O)CN2C(=O)[C@H]3CCCC[C@@H]3C2=O)cn1. The normalized spacial score (nSPS) is 23.6. The second kappa shape index (κ2) is 6.54. The van der Waals surface area contributed by atoms with Gasteiger partial charge in [0.25, 0.3) is 0 Å². The first-order valence-electron chi connectivity index (χ1n) is 8.75. The summed E-state index contributed by atoms with van der Waals surface area (Å²) in [6.07, 6.45) is 6.51. The minimum Gasteiger partial charge on any atom is -0.322 e. The molecular weight excluding hydrogens is 320 g/mol. The van der Waals surface area contributed by atoms with E-state index in [1.165, 1.54) is 0 Å². The highest BCUT2D eigenvalue weighted by Gasteiger charge is 2.48. The summed E-state index contributed by atoms with van der Waals surface area (Å²) in [6.45, 7) is 5.77. The zero-order valence-corrected chi connectivity index (χ0v) is 14.9. The smallest absolute Gasteiger partial charge is 0.244 e. The summed E-state index contributed by atoms with van der Waals surface area (Å²) in [7, 11) is 0. The average molecular weight is 344 g/mol. The van der Waals surface area contributed by atoms with Crippen molar-refractivity contribution in [1.29, 1.82) is 0 Å². The Morgan fingerprint density at radius 1 is 1.12 bits per heavy atom. The van der Waals surface area contributed by atoms with Gasteiger partial charge in [0.05, 0.1) is 29.9 Å². The highest BCUT2D eigenvalue weighted by molar-refractivity contribution is 6.08. The molecule has 1 aliphatic heterocycles. The van der Waals surface area contributed by atoms with E-state index < -0.39 is 5.91 Å². The van der Waals surface area contributed by atoms with E-state index in [2.05, 4.69) is 15.3 Å². The first kappa shape index (κ1) is 17.5. The lowest BCUT2D eigenvalue weighted by Gasteiger charge is -2.19. The Labute approximate surface area is 147 Å². The van der Waals surface area contributed by atoms with Crippen molar-refractivity contribution in [1.82, 2.24) is 14.9 Å². The van der Waals surface area contributed by atoms with Gasteiger partial charge in [0, 0.05) is 5.41 Å². The van der Waals surface area contributed by atoms with Gasteiger partial charge in [-0.05, 0) is 12.8 Å². The molecule has 7 heteroatoms. The lowest BCUT2D eigenvalue weighted by atomic mass is 9.81. The number of anilines is 1. The maximum atomic E-state index is 12.4. The molecule has 0 bridgehead atoms. The molecule has 1 aromatic rings. The molecule has 3 rings (SSSR count). The number of likely N-dealkylation sites (tertiary alicyclic amines) is 1. The van der Waals surface area contributed by atoms with E-state index in [1.54, 1.807) is 12.4 Å².